The molecule has 1 aliphatic rings. The van der Waals surface area contributed by atoms with Gasteiger partial charge in [0.15, 0.2) is 12.3 Å². The van der Waals surface area contributed by atoms with Crippen LogP contribution in [-0.2, 0) is 9.53 Å². The molecule has 0 saturated heterocycles. The summed E-state index contributed by atoms with van der Waals surface area (Å²) in [6.45, 7) is 4.02. The van der Waals surface area contributed by atoms with Gasteiger partial charge in [-0.15, -0.1) is 11.3 Å². The molecule has 0 radical (unpaired) electrons. The molecular formula is C20H23FN2O3S. The van der Waals surface area contributed by atoms with Crippen molar-refractivity contribution in [2.45, 2.75) is 39.2 Å². The Bertz CT molecular complexity index is 806. The van der Waals surface area contributed by atoms with E-state index in [1.165, 1.54) is 29.9 Å². The van der Waals surface area contributed by atoms with Crippen LogP contribution in [0.1, 0.15) is 43.6 Å². The summed E-state index contributed by atoms with van der Waals surface area (Å²) in [7, 11) is 0. The number of nitrogens with one attached hydrogen (secondary N) is 1. The largest absolute Gasteiger partial charge is 0.451 e. The van der Waals surface area contributed by atoms with Crippen LogP contribution in [-0.4, -0.2) is 29.5 Å². The summed E-state index contributed by atoms with van der Waals surface area (Å²) in [6.07, 6.45) is 3.24. The Hall–Kier alpha value is -2.28. The van der Waals surface area contributed by atoms with Crippen LogP contribution < -0.4 is 5.32 Å². The van der Waals surface area contributed by atoms with Crippen LogP contribution in [0.2, 0.25) is 0 Å². The van der Waals surface area contributed by atoms with Crippen LogP contribution in [0.15, 0.2) is 29.6 Å². The molecule has 1 fully saturated rings. The molecule has 1 aromatic carbocycles. The van der Waals surface area contributed by atoms with Crippen molar-refractivity contribution in [3.8, 4) is 10.6 Å². The van der Waals surface area contributed by atoms with Crippen LogP contribution in [0.5, 0.6) is 0 Å². The van der Waals surface area contributed by atoms with Crippen molar-refractivity contribution in [3.63, 3.8) is 0 Å². The normalized spacial score (nSPS) is 22.3. The van der Waals surface area contributed by atoms with Gasteiger partial charge in [-0.2, -0.15) is 0 Å². The van der Waals surface area contributed by atoms with Gasteiger partial charge < -0.3 is 10.1 Å². The number of esters is 1. The van der Waals surface area contributed by atoms with Crippen molar-refractivity contribution in [2.24, 2.45) is 11.8 Å². The number of thiazole rings is 1. The second-order valence-electron chi connectivity index (χ2n) is 7.06. The fourth-order valence-electron chi connectivity index (χ4n) is 3.33. The highest BCUT2D eigenvalue weighted by Gasteiger charge is 2.28. The Morgan fingerprint density at radius 2 is 2.00 bits per heavy atom. The lowest BCUT2D eigenvalue weighted by molar-refractivity contribution is -0.125. The molecule has 2 aromatic rings. The van der Waals surface area contributed by atoms with Crippen molar-refractivity contribution in [2.75, 3.05) is 6.61 Å². The third kappa shape index (κ3) is 4.91. The number of rotatable bonds is 5. The van der Waals surface area contributed by atoms with Gasteiger partial charge in [0.25, 0.3) is 5.91 Å². The van der Waals surface area contributed by atoms with Gasteiger partial charge in [0.2, 0.25) is 0 Å². The molecular weight excluding hydrogens is 367 g/mol. The smallest absolute Gasteiger partial charge is 0.358 e. The van der Waals surface area contributed by atoms with Crippen molar-refractivity contribution >= 4 is 23.2 Å². The van der Waals surface area contributed by atoms with Crippen LogP contribution in [0, 0.1) is 17.7 Å². The standard InChI is InChI=1S/C20H23FN2O3S/c1-12-4-3-5-16(13(12)2)22-18(24)10-26-20(25)17-11-27-19(23-17)14-6-8-15(21)9-7-14/h6-9,11-13,16H,3-5,10H2,1-2H3,(H,22,24)/t12-,13+,16+/m0/s1. The van der Waals surface area contributed by atoms with E-state index >= 15 is 0 Å². The lowest BCUT2D eigenvalue weighted by atomic mass is 9.78. The first kappa shape index (κ1) is 19.5. The molecule has 3 rings (SSSR count). The molecule has 0 bridgehead atoms. The second-order valence-corrected chi connectivity index (χ2v) is 7.92. The third-order valence-corrected chi connectivity index (χ3v) is 6.08. The van der Waals surface area contributed by atoms with Gasteiger partial charge in [0.05, 0.1) is 0 Å². The Morgan fingerprint density at radius 3 is 2.74 bits per heavy atom. The van der Waals surface area contributed by atoms with Crippen LogP contribution in [0.4, 0.5) is 4.39 Å². The van der Waals surface area contributed by atoms with E-state index in [4.69, 9.17) is 4.74 Å². The quantitative estimate of drug-likeness (QED) is 0.782. The first-order valence-electron chi connectivity index (χ1n) is 9.12. The van der Waals surface area contributed by atoms with Gasteiger partial charge >= 0.3 is 5.97 Å². The minimum Gasteiger partial charge on any atom is -0.451 e. The van der Waals surface area contributed by atoms with Gasteiger partial charge in [-0.3, -0.25) is 4.79 Å². The van der Waals surface area contributed by atoms with E-state index < -0.39 is 5.97 Å². The molecule has 27 heavy (non-hydrogen) atoms. The summed E-state index contributed by atoms with van der Waals surface area (Å²) in [6, 6.07) is 6.01. The SMILES string of the molecule is C[C@@H]1[C@@H](C)CCC[C@H]1NC(=O)COC(=O)c1csc(-c2ccc(F)cc2)n1. The summed E-state index contributed by atoms with van der Waals surface area (Å²) in [5, 5.41) is 5.14. The third-order valence-electron chi connectivity index (χ3n) is 5.19. The Balaban J connectivity index is 1.52. The minimum atomic E-state index is -0.639. The highest BCUT2D eigenvalue weighted by Crippen LogP contribution is 2.29. The predicted octanol–water partition coefficient (Wildman–Crippen LogP) is 4.05. The minimum absolute atomic E-state index is 0.129. The molecule has 1 saturated carbocycles. The summed E-state index contributed by atoms with van der Waals surface area (Å²) < 4.78 is 18.1. The van der Waals surface area contributed by atoms with E-state index in [0.717, 1.165) is 18.4 Å². The number of carbonyl (C=O) groups is 2. The fraction of sp³-hybridized carbons (Fsp3) is 0.450. The van der Waals surface area contributed by atoms with Crippen LogP contribution >= 0.6 is 11.3 Å². The number of halogens is 1. The zero-order chi connectivity index (χ0) is 19.4. The number of benzene rings is 1. The zero-order valence-electron chi connectivity index (χ0n) is 15.4. The van der Waals surface area contributed by atoms with E-state index in [1.54, 1.807) is 17.5 Å². The van der Waals surface area contributed by atoms with Crippen molar-refractivity contribution in [1.82, 2.24) is 10.3 Å². The van der Waals surface area contributed by atoms with Gasteiger partial charge in [-0.1, -0.05) is 26.7 Å². The van der Waals surface area contributed by atoms with E-state index in [-0.39, 0.29) is 30.1 Å². The molecule has 0 spiro atoms. The first-order chi connectivity index (χ1) is 12.9. The predicted molar refractivity (Wildman–Crippen MR) is 102 cm³/mol. The van der Waals surface area contributed by atoms with Gasteiger partial charge in [-0.25, -0.2) is 14.2 Å². The highest BCUT2D eigenvalue weighted by atomic mass is 32.1. The lowest BCUT2D eigenvalue weighted by Crippen LogP contribution is -2.45. The van der Waals surface area contributed by atoms with Crippen LogP contribution in [0.3, 0.4) is 0 Å². The molecule has 0 aliphatic heterocycles. The average molecular weight is 390 g/mol. The summed E-state index contributed by atoms with van der Waals surface area (Å²) >= 11 is 1.27. The summed E-state index contributed by atoms with van der Waals surface area (Å²) in [5.74, 6) is -0.271. The number of amides is 1. The second kappa shape index (κ2) is 8.61. The molecule has 1 aromatic heterocycles. The van der Waals surface area contributed by atoms with E-state index in [9.17, 15) is 14.0 Å². The number of carbonyl (C=O) groups excluding carboxylic acids is 2. The fourth-order valence-corrected chi connectivity index (χ4v) is 4.13. The molecule has 7 heteroatoms. The van der Waals surface area contributed by atoms with Gasteiger partial charge in [0.1, 0.15) is 10.8 Å². The number of hydrogen-bond donors (Lipinski definition) is 1. The van der Waals surface area contributed by atoms with Crippen molar-refractivity contribution in [1.29, 1.82) is 0 Å². The maximum absolute atomic E-state index is 13.0. The molecule has 1 N–H and O–H groups in total. The van der Waals surface area contributed by atoms with E-state index in [2.05, 4.69) is 24.1 Å². The molecule has 0 unspecified atom stereocenters. The van der Waals surface area contributed by atoms with E-state index in [0.29, 0.717) is 16.8 Å². The summed E-state index contributed by atoms with van der Waals surface area (Å²) in [4.78, 5) is 28.5. The number of hydrogen-bond acceptors (Lipinski definition) is 5. The van der Waals surface area contributed by atoms with Gasteiger partial charge in [0, 0.05) is 17.0 Å². The Labute approximate surface area is 162 Å². The van der Waals surface area contributed by atoms with Crippen molar-refractivity contribution in [3.05, 3.63) is 41.2 Å². The topological polar surface area (TPSA) is 68.3 Å². The average Bonchev–Trinajstić information content (AvgIpc) is 3.14. The molecule has 1 heterocycles. The molecule has 5 nitrogen and oxygen atoms in total. The Kier molecular flexibility index (Phi) is 6.21. The first-order valence-corrected chi connectivity index (χ1v) is 10.00. The monoisotopic (exact) mass is 390 g/mol. The maximum atomic E-state index is 13.0. The molecule has 144 valence electrons. The molecule has 1 aliphatic carbocycles. The lowest BCUT2D eigenvalue weighted by Gasteiger charge is -2.34. The number of ether oxygens (including phenoxy) is 1. The number of nitrogens with zero attached hydrogens (tertiary/aromatic N) is 1. The Morgan fingerprint density at radius 1 is 1.26 bits per heavy atom. The van der Waals surface area contributed by atoms with Crippen molar-refractivity contribution < 1.29 is 18.7 Å². The molecule has 1 amide bonds. The maximum Gasteiger partial charge on any atom is 0.358 e. The van der Waals surface area contributed by atoms with E-state index in [1.807, 2.05) is 0 Å². The van der Waals surface area contributed by atoms with Crippen LogP contribution in [0.25, 0.3) is 10.6 Å². The van der Waals surface area contributed by atoms with Gasteiger partial charge in [-0.05, 0) is 42.5 Å². The molecule has 3 atom stereocenters. The zero-order valence-corrected chi connectivity index (χ0v) is 16.2. The highest BCUT2D eigenvalue weighted by molar-refractivity contribution is 7.13. The summed E-state index contributed by atoms with van der Waals surface area (Å²) in [5.41, 5.74) is 0.866. The number of aromatic nitrogens is 1.